The average molecular weight is 372 g/mol. The van der Waals surface area contributed by atoms with E-state index in [4.69, 9.17) is 0 Å². The van der Waals surface area contributed by atoms with E-state index in [1.807, 2.05) is 0 Å². The normalized spacial score (nSPS) is 23.1. The average Bonchev–Trinajstić information content (AvgIpc) is 2.89. The van der Waals surface area contributed by atoms with E-state index in [2.05, 4.69) is 95.6 Å². The summed E-state index contributed by atoms with van der Waals surface area (Å²) in [5.41, 5.74) is 0. The Labute approximate surface area is 176 Å². The number of hydrogen-bond donors (Lipinski definition) is 0. The minimum atomic E-state index is 0. The molecule has 1 heteroatoms. The van der Waals surface area contributed by atoms with Crippen LogP contribution in [0.5, 0.6) is 0 Å². The van der Waals surface area contributed by atoms with E-state index in [1.54, 1.807) is 0 Å². The molecule has 0 saturated heterocycles. The second-order valence-electron chi connectivity index (χ2n) is 6.25. The van der Waals surface area contributed by atoms with Gasteiger partial charge in [0.05, 0.1) is 0 Å². The van der Waals surface area contributed by atoms with E-state index in [-0.39, 0.29) is 21.7 Å². The van der Waals surface area contributed by atoms with Gasteiger partial charge in [0, 0.05) is 0 Å². The first-order valence-corrected chi connectivity index (χ1v) is 8.32. The summed E-state index contributed by atoms with van der Waals surface area (Å²) in [7, 11) is 0. The van der Waals surface area contributed by atoms with Gasteiger partial charge in [-0.1, -0.05) is 69.2 Å². The Kier molecular flexibility index (Phi) is 17.1. The van der Waals surface area contributed by atoms with Gasteiger partial charge in [0.1, 0.15) is 0 Å². The molecule has 0 aromatic carbocycles. The Balaban J connectivity index is -0.000000312. The second kappa shape index (κ2) is 14.3. The zero-order valence-corrected chi connectivity index (χ0v) is 19.6. The molecule has 0 heterocycles. The zero-order chi connectivity index (χ0) is 19.8. The van der Waals surface area contributed by atoms with Crippen molar-refractivity contribution in [2.45, 2.75) is 69.2 Å². The van der Waals surface area contributed by atoms with Gasteiger partial charge in [-0.25, -0.2) is 0 Å². The summed E-state index contributed by atoms with van der Waals surface area (Å²) in [6.07, 6.45) is 0. The first-order chi connectivity index (χ1) is 11.1. The Hall–Kier alpha value is 0.194. The summed E-state index contributed by atoms with van der Waals surface area (Å²) in [6.45, 7) is 36.0. The summed E-state index contributed by atoms with van der Waals surface area (Å²) in [4.78, 5) is 0. The van der Waals surface area contributed by atoms with Crippen LogP contribution in [0.4, 0.5) is 0 Å². The third-order valence-corrected chi connectivity index (χ3v) is 5.62. The van der Waals surface area contributed by atoms with E-state index in [0.29, 0.717) is 0 Å². The molecule has 136 valence electrons. The van der Waals surface area contributed by atoms with E-state index < -0.39 is 0 Å². The Morgan fingerprint density at radius 1 is 0.320 bits per heavy atom. The minimum Gasteiger partial charge on any atom is -0.521 e. The molecule has 0 amide bonds. The van der Waals surface area contributed by atoms with Gasteiger partial charge in [-0.2, -0.15) is 0 Å². The maximum Gasteiger partial charge on any atom is 2.00 e. The largest absolute Gasteiger partial charge is 2.00 e. The molecule has 0 atom stereocenters. The molecule has 0 aromatic rings. The van der Waals surface area contributed by atoms with Crippen LogP contribution >= 0.6 is 0 Å². The molecule has 0 aromatic heterocycles. The zero-order valence-electron chi connectivity index (χ0n) is 18.1. The molecule has 0 nitrogen and oxygen atoms in total. The Bertz CT molecular complexity index is 204. The van der Waals surface area contributed by atoms with Crippen LogP contribution in [0.2, 0.25) is 0 Å². The van der Waals surface area contributed by atoms with Gasteiger partial charge in [0.15, 0.2) is 0 Å². The number of hydrogen-bond acceptors (Lipinski definition) is 0. The van der Waals surface area contributed by atoms with Crippen LogP contribution < -0.4 is 0 Å². The molecule has 0 aliphatic heterocycles. The third-order valence-electron chi connectivity index (χ3n) is 5.62. The van der Waals surface area contributed by atoms with Crippen LogP contribution in [-0.2, 0) is 21.7 Å². The predicted octanol–water partition coefficient (Wildman–Crippen LogP) is 7.15. The van der Waals surface area contributed by atoms with Crippen molar-refractivity contribution in [3.63, 3.8) is 0 Å². The fourth-order valence-corrected chi connectivity index (χ4v) is 2.81. The van der Waals surface area contributed by atoms with E-state index in [1.165, 1.54) is 59.2 Å². The maximum absolute atomic E-state index is 4.25. The molecule has 2 saturated carbocycles. The van der Waals surface area contributed by atoms with Gasteiger partial charge >= 0.3 is 21.7 Å². The van der Waals surface area contributed by atoms with Gasteiger partial charge in [0.2, 0.25) is 0 Å². The van der Waals surface area contributed by atoms with Crippen LogP contribution in [0, 0.1) is 72.3 Å². The molecule has 0 N–H and O–H groups in total. The molecular formula is C24H36Ti. The van der Waals surface area contributed by atoms with Crippen molar-refractivity contribution >= 4 is 0 Å². The van der Waals surface area contributed by atoms with Crippen molar-refractivity contribution in [2.75, 3.05) is 0 Å². The SMILES string of the molecule is C[C]1[C](C)[C](C)[C](C)[C]1C.C[C]1[C](C)[C](C)[C](C)[C]1C.[CH-]=C.[CH-]=C.[Ti+2]. The molecule has 0 bridgehead atoms. The van der Waals surface area contributed by atoms with Crippen LogP contribution in [-0.4, -0.2) is 0 Å². The predicted molar refractivity (Wildman–Crippen MR) is 109 cm³/mol. The number of rotatable bonds is 0. The van der Waals surface area contributed by atoms with Gasteiger partial charge < -0.3 is 13.2 Å². The van der Waals surface area contributed by atoms with Crippen molar-refractivity contribution < 1.29 is 21.7 Å². The first kappa shape index (κ1) is 29.9. The summed E-state index contributed by atoms with van der Waals surface area (Å²) >= 11 is 0. The van der Waals surface area contributed by atoms with Crippen molar-refractivity contribution in [1.82, 2.24) is 0 Å². The Morgan fingerprint density at radius 2 is 0.360 bits per heavy atom. The summed E-state index contributed by atoms with van der Waals surface area (Å²) < 4.78 is 0. The smallest absolute Gasteiger partial charge is 0.521 e. The molecule has 25 heavy (non-hydrogen) atoms. The maximum atomic E-state index is 4.25. The minimum absolute atomic E-state index is 0. The van der Waals surface area contributed by atoms with Crippen LogP contribution in [0.1, 0.15) is 69.2 Å². The van der Waals surface area contributed by atoms with E-state index in [0.717, 1.165) is 0 Å². The van der Waals surface area contributed by atoms with Gasteiger partial charge in [0.25, 0.3) is 0 Å². The standard InChI is InChI=1S/2C10H15.2C2H3.Ti/c2*1-6-7(2)9(4)10(5)8(6)3;2*1-2;/h2*1-5H3;2*1H,2H2;/q;;2*-1;+2. The molecule has 0 spiro atoms. The molecule has 2 fully saturated rings. The van der Waals surface area contributed by atoms with Crippen molar-refractivity contribution in [3.8, 4) is 0 Å². The monoisotopic (exact) mass is 372 g/mol. The van der Waals surface area contributed by atoms with Crippen LogP contribution in [0.3, 0.4) is 0 Å². The summed E-state index contributed by atoms with van der Waals surface area (Å²) in [5.74, 6) is 14.7. The van der Waals surface area contributed by atoms with E-state index >= 15 is 0 Å². The topological polar surface area (TPSA) is 0 Å². The van der Waals surface area contributed by atoms with E-state index in [9.17, 15) is 0 Å². The van der Waals surface area contributed by atoms with Crippen molar-refractivity contribution in [3.05, 3.63) is 85.5 Å². The fraction of sp³-hybridized carbons (Fsp3) is 0.417. The third kappa shape index (κ3) is 7.38. The van der Waals surface area contributed by atoms with Crippen molar-refractivity contribution in [1.29, 1.82) is 0 Å². The molecule has 2 aliphatic rings. The van der Waals surface area contributed by atoms with Crippen LogP contribution in [0.25, 0.3) is 0 Å². The first-order valence-electron chi connectivity index (χ1n) is 8.32. The van der Waals surface area contributed by atoms with Gasteiger partial charge in [-0.3, -0.25) is 13.2 Å². The van der Waals surface area contributed by atoms with Crippen molar-refractivity contribution in [2.24, 2.45) is 0 Å². The van der Waals surface area contributed by atoms with Gasteiger partial charge in [-0.05, 0) is 59.2 Å². The molecule has 2 rings (SSSR count). The van der Waals surface area contributed by atoms with Gasteiger partial charge in [-0.15, -0.1) is 0 Å². The second-order valence-corrected chi connectivity index (χ2v) is 6.25. The molecule has 10 radical (unpaired) electrons. The van der Waals surface area contributed by atoms with Crippen LogP contribution in [0.15, 0.2) is 13.2 Å². The summed E-state index contributed by atoms with van der Waals surface area (Å²) in [5, 5.41) is 0. The summed E-state index contributed by atoms with van der Waals surface area (Å²) in [6, 6.07) is 0. The quantitative estimate of drug-likeness (QED) is 0.313. The molecule has 2 aliphatic carbocycles. The fourth-order valence-electron chi connectivity index (χ4n) is 2.81. The molecule has 0 unspecified atom stereocenters. The molecular weight excluding hydrogens is 336 g/mol. The Morgan fingerprint density at radius 3 is 0.400 bits per heavy atom.